The van der Waals surface area contributed by atoms with Gasteiger partial charge in [-0.3, -0.25) is 4.79 Å². The third kappa shape index (κ3) is 4.50. The Morgan fingerprint density at radius 2 is 2.06 bits per heavy atom. The number of ether oxygens (including phenoxy) is 1. The van der Waals surface area contributed by atoms with E-state index in [0.29, 0.717) is 13.0 Å². The highest BCUT2D eigenvalue weighted by Crippen LogP contribution is 2.24. The summed E-state index contributed by atoms with van der Waals surface area (Å²) in [6, 6.07) is 0. The second-order valence-corrected chi connectivity index (χ2v) is 5.59. The number of hydrogen-bond donors (Lipinski definition) is 1. The van der Waals surface area contributed by atoms with Gasteiger partial charge in [0.25, 0.3) is 0 Å². The normalized spacial score (nSPS) is 24.8. The van der Waals surface area contributed by atoms with Crippen molar-refractivity contribution in [1.29, 1.82) is 0 Å². The number of aliphatic carboxylic acids is 1. The average Bonchev–Trinajstić information content (AvgIpc) is 2.17. The fraction of sp³-hybridized carbons (Fsp3) is 0.833. The number of carboxylic acids is 1. The lowest BCUT2D eigenvalue weighted by Crippen LogP contribution is -2.47. The molecule has 5 nitrogen and oxygen atoms in total. The summed E-state index contributed by atoms with van der Waals surface area (Å²) in [7, 11) is 0. The number of amides is 1. The number of piperidine rings is 1. The molecule has 18 heavy (non-hydrogen) atoms. The number of hydrogen-bond acceptors (Lipinski definition) is 3. The van der Waals surface area contributed by atoms with E-state index >= 15 is 0 Å². The van der Waals surface area contributed by atoms with Crippen molar-refractivity contribution in [3.63, 3.8) is 0 Å². The molecule has 1 fully saturated rings. The van der Waals surface area contributed by atoms with Gasteiger partial charge in [0.05, 0.1) is 13.0 Å². The van der Waals surface area contributed by atoms with Gasteiger partial charge in [-0.15, -0.1) is 0 Å². The van der Waals surface area contributed by atoms with Gasteiger partial charge in [0.1, 0.15) is 11.8 Å². The molecule has 1 aliphatic heterocycles. The number of nitrogens with zero attached hydrogens (tertiary/aromatic N) is 1. The summed E-state index contributed by atoms with van der Waals surface area (Å²) < 4.78 is 18.9. The number of carbonyl (C=O) groups excluding carboxylic acids is 1. The van der Waals surface area contributed by atoms with E-state index in [1.165, 1.54) is 4.90 Å². The van der Waals surface area contributed by atoms with E-state index in [9.17, 15) is 14.0 Å². The first-order valence-electron chi connectivity index (χ1n) is 6.03. The van der Waals surface area contributed by atoms with Crippen LogP contribution in [0, 0.1) is 5.92 Å². The zero-order valence-electron chi connectivity index (χ0n) is 11.0. The standard InChI is InChI=1S/C12H20FNO4/c1-12(2,3)18-11(17)14-5-4-8(6-10(15)16)9(13)7-14/h8-9H,4-7H2,1-3H3,(H,15,16). The molecule has 1 aliphatic rings. The van der Waals surface area contributed by atoms with Gasteiger partial charge in [0.2, 0.25) is 0 Å². The minimum absolute atomic E-state index is 0.0904. The third-order valence-electron chi connectivity index (χ3n) is 2.76. The molecule has 104 valence electrons. The Bertz CT molecular complexity index is 327. The van der Waals surface area contributed by atoms with Gasteiger partial charge < -0.3 is 14.7 Å². The van der Waals surface area contributed by atoms with Crippen LogP contribution in [0.5, 0.6) is 0 Å². The molecule has 2 unspecified atom stereocenters. The molecule has 1 amide bonds. The molecular weight excluding hydrogens is 241 g/mol. The van der Waals surface area contributed by atoms with Gasteiger partial charge in [-0.2, -0.15) is 0 Å². The van der Waals surface area contributed by atoms with Crippen molar-refractivity contribution in [2.75, 3.05) is 13.1 Å². The fourth-order valence-corrected chi connectivity index (χ4v) is 1.90. The van der Waals surface area contributed by atoms with Crippen LogP contribution < -0.4 is 0 Å². The molecule has 1 rings (SSSR count). The topological polar surface area (TPSA) is 66.8 Å². The lowest BCUT2D eigenvalue weighted by molar-refractivity contribution is -0.139. The Kier molecular flexibility index (Phi) is 4.53. The van der Waals surface area contributed by atoms with Crippen LogP contribution in [-0.4, -0.2) is 46.9 Å². The maximum absolute atomic E-state index is 13.7. The summed E-state index contributed by atoms with van der Waals surface area (Å²) >= 11 is 0. The highest BCUT2D eigenvalue weighted by atomic mass is 19.1. The van der Waals surface area contributed by atoms with Crippen LogP contribution in [0.4, 0.5) is 9.18 Å². The van der Waals surface area contributed by atoms with Crippen molar-refractivity contribution in [3.05, 3.63) is 0 Å². The smallest absolute Gasteiger partial charge is 0.410 e. The highest BCUT2D eigenvalue weighted by molar-refractivity contribution is 5.69. The summed E-state index contributed by atoms with van der Waals surface area (Å²) in [5.41, 5.74) is -0.610. The molecule has 2 atom stereocenters. The Balaban J connectivity index is 2.50. The predicted molar refractivity (Wildman–Crippen MR) is 63.1 cm³/mol. The van der Waals surface area contributed by atoms with Crippen molar-refractivity contribution in [2.45, 2.75) is 45.4 Å². The average molecular weight is 261 g/mol. The summed E-state index contributed by atoms with van der Waals surface area (Å²) in [5.74, 6) is -1.52. The van der Waals surface area contributed by atoms with Gasteiger partial charge in [-0.25, -0.2) is 9.18 Å². The molecule has 1 saturated heterocycles. The molecule has 0 aromatic heterocycles. The van der Waals surface area contributed by atoms with Crippen molar-refractivity contribution in [3.8, 4) is 0 Å². The molecule has 0 aromatic carbocycles. The van der Waals surface area contributed by atoms with Gasteiger partial charge in [-0.05, 0) is 27.2 Å². The van der Waals surface area contributed by atoms with E-state index in [-0.39, 0.29) is 13.0 Å². The number of alkyl halides is 1. The fourth-order valence-electron chi connectivity index (χ4n) is 1.90. The molecule has 0 saturated carbocycles. The van der Waals surface area contributed by atoms with E-state index in [2.05, 4.69) is 0 Å². The first-order valence-corrected chi connectivity index (χ1v) is 6.03. The Hall–Kier alpha value is -1.33. The molecule has 0 radical (unpaired) electrons. The number of halogens is 1. The molecule has 0 aliphatic carbocycles. The van der Waals surface area contributed by atoms with Crippen molar-refractivity contribution < 1.29 is 23.8 Å². The molecule has 0 aromatic rings. The van der Waals surface area contributed by atoms with Crippen LogP contribution in [0.1, 0.15) is 33.6 Å². The third-order valence-corrected chi connectivity index (χ3v) is 2.76. The zero-order chi connectivity index (χ0) is 13.9. The van der Waals surface area contributed by atoms with Crippen LogP contribution in [-0.2, 0) is 9.53 Å². The molecule has 6 heteroatoms. The first kappa shape index (κ1) is 14.7. The predicted octanol–water partition coefficient (Wildman–Crippen LogP) is 2.06. The van der Waals surface area contributed by atoms with Gasteiger partial charge in [0, 0.05) is 12.5 Å². The number of carbonyl (C=O) groups is 2. The SMILES string of the molecule is CC(C)(C)OC(=O)N1CCC(CC(=O)O)C(F)C1. The van der Waals surface area contributed by atoms with Crippen LogP contribution >= 0.6 is 0 Å². The van der Waals surface area contributed by atoms with E-state index in [1.54, 1.807) is 20.8 Å². The van der Waals surface area contributed by atoms with Gasteiger partial charge >= 0.3 is 12.1 Å². The van der Waals surface area contributed by atoms with Gasteiger partial charge in [0.15, 0.2) is 0 Å². The summed E-state index contributed by atoms with van der Waals surface area (Å²) in [6.45, 7) is 5.49. The Morgan fingerprint density at radius 3 is 2.50 bits per heavy atom. The molecule has 0 bridgehead atoms. The molecule has 1 heterocycles. The maximum atomic E-state index is 13.7. The summed E-state index contributed by atoms with van der Waals surface area (Å²) in [4.78, 5) is 23.6. The van der Waals surface area contributed by atoms with Crippen molar-refractivity contribution in [2.24, 2.45) is 5.92 Å². The van der Waals surface area contributed by atoms with Crippen LogP contribution in [0.25, 0.3) is 0 Å². The van der Waals surface area contributed by atoms with Crippen molar-refractivity contribution >= 4 is 12.1 Å². The number of likely N-dealkylation sites (tertiary alicyclic amines) is 1. The van der Waals surface area contributed by atoms with Crippen molar-refractivity contribution in [1.82, 2.24) is 4.90 Å². The second kappa shape index (κ2) is 5.54. The van der Waals surface area contributed by atoms with E-state index in [0.717, 1.165) is 0 Å². The van der Waals surface area contributed by atoms with E-state index < -0.39 is 29.8 Å². The van der Waals surface area contributed by atoms with Crippen LogP contribution in [0.15, 0.2) is 0 Å². The summed E-state index contributed by atoms with van der Waals surface area (Å²) in [5, 5.41) is 8.64. The minimum Gasteiger partial charge on any atom is -0.481 e. The van der Waals surface area contributed by atoms with E-state index in [4.69, 9.17) is 9.84 Å². The monoisotopic (exact) mass is 261 g/mol. The Morgan fingerprint density at radius 1 is 1.44 bits per heavy atom. The number of carboxylic acid groups (broad SMARTS) is 1. The quantitative estimate of drug-likeness (QED) is 0.826. The first-order chi connectivity index (χ1) is 8.19. The number of rotatable bonds is 2. The molecule has 1 N–H and O–H groups in total. The van der Waals surface area contributed by atoms with Crippen LogP contribution in [0.3, 0.4) is 0 Å². The highest BCUT2D eigenvalue weighted by Gasteiger charge is 2.34. The molecule has 0 spiro atoms. The zero-order valence-corrected chi connectivity index (χ0v) is 11.0. The lowest BCUT2D eigenvalue weighted by atomic mass is 9.92. The van der Waals surface area contributed by atoms with Gasteiger partial charge in [-0.1, -0.05) is 0 Å². The Labute approximate surface area is 106 Å². The lowest BCUT2D eigenvalue weighted by Gasteiger charge is -2.35. The largest absolute Gasteiger partial charge is 0.481 e. The second-order valence-electron chi connectivity index (χ2n) is 5.59. The maximum Gasteiger partial charge on any atom is 0.410 e. The minimum atomic E-state index is -1.30. The van der Waals surface area contributed by atoms with Crippen LogP contribution in [0.2, 0.25) is 0 Å². The molecular formula is C12H20FNO4. The summed E-state index contributed by atoms with van der Waals surface area (Å²) in [6.07, 6.45) is -1.68. The van der Waals surface area contributed by atoms with E-state index in [1.807, 2.05) is 0 Å².